The lowest BCUT2D eigenvalue weighted by molar-refractivity contribution is 0.102. The van der Waals surface area contributed by atoms with Crippen LogP contribution in [0.15, 0.2) is 53.4 Å². The van der Waals surface area contributed by atoms with Gasteiger partial charge >= 0.3 is 0 Å². The van der Waals surface area contributed by atoms with Crippen molar-refractivity contribution in [1.82, 2.24) is 14.8 Å². The minimum absolute atomic E-state index is 0.111. The van der Waals surface area contributed by atoms with Crippen molar-refractivity contribution in [3.05, 3.63) is 59.9 Å². The van der Waals surface area contributed by atoms with Gasteiger partial charge in [-0.15, -0.1) is 22.0 Å². The number of fused-ring (bicyclic) bond motifs is 1. The number of benzene rings is 2. The molecule has 6 heteroatoms. The van der Waals surface area contributed by atoms with Crippen molar-refractivity contribution in [3.63, 3.8) is 0 Å². The van der Waals surface area contributed by atoms with Gasteiger partial charge in [-0.1, -0.05) is 18.6 Å². The number of rotatable bonds is 4. The lowest BCUT2D eigenvalue weighted by Gasteiger charge is -2.10. The minimum Gasteiger partial charge on any atom is -0.322 e. The average Bonchev–Trinajstić information content (AvgIpc) is 2.96. The minimum atomic E-state index is -0.111. The predicted octanol–water partition coefficient (Wildman–Crippen LogP) is 4.65. The van der Waals surface area contributed by atoms with Gasteiger partial charge in [-0.05, 0) is 55.5 Å². The second-order valence-corrected chi connectivity index (χ2v) is 7.55. The van der Waals surface area contributed by atoms with E-state index in [0.29, 0.717) is 5.56 Å². The molecule has 1 aromatic heterocycles. The molecule has 27 heavy (non-hydrogen) atoms. The maximum atomic E-state index is 12.5. The maximum absolute atomic E-state index is 12.5. The quantitative estimate of drug-likeness (QED) is 0.672. The number of nitrogens with zero attached hydrogens (tertiary/aromatic N) is 3. The van der Waals surface area contributed by atoms with Gasteiger partial charge in [0.05, 0.1) is 0 Å². The predicted molar refractivity (Wildman–Crippen MR) is 109 cm³/mol. The van der Waals surface area contributed by atoms with Gasteiger partial charge in [0.15, 0.2) is 5.82 Å². The lowest BCUT2D eigenvalue weighted by Crippen LogP contribution is -2.11. The van der Waals surface area contributed by atoms with Crippen LogP contribution in [0.3, 0.4) is 0 Å². The van der Waals surface area contributed by atoms with E-state index in [0.717, 1.165) is 47.2 Å². The molecule has 138 valence electrons. The number of carbonyl (C=O) groups is 1. The Bertz CT molecular complexity index is 949. The monoisotopic (exact) mass is 378 g/mol. The van der Waals surface area contributed by atoms with Crippen LogP contribution >= 0.6 is 11.8 Å². The fraction of sp³-hybridized carbons (Fsp3) is 0.286. The van der Waals surface area contributed by atoms with Crippen molar-refractivity contribution < 1.29 is 4.79 Å². The Hall–Kier alpha value is -2.60. The summed E-state index contributed by atoms with van der Waals surface area (Å²) < 4.78 is 2.22. The Balaban J connectivity index is 1.56. The van der Waals surface area contributed by atoms with Crippen LogP contribution in [0, 0.1) is 0 Å². The molecule has 4 rings (SSSR count). The molecular formula is C21H22N4OS. The van der Waals surface area contributed by atoms with Crippen LogP contribution in [0.2, 0.25) is 0 Å². The van der Waals surface area contributed by atoms with Gasteiger partial charge in [-0.3, -0.25) is 4.79 Å². The van der Waals surface area contributed by atoms with E-state index < -0.39 is 0 Å². The number of carbonyl (C=O) groups excluding carboxylic acids is 1. The van der Waals surface area contributed by atoms with Gasteiger partial charge in [-0.25, -0.2) is 0 Å². The smallest absolute Gasteiger partial charge is 0.255 e. The highest BCUT2D eigenvalue weighted by Gasteiger charge is 2.16. The Morgan fingerprint density at radius 1 is 1.07 bits per heavy atom. The van der Waals surface area contributed by atoms with Gasteiger partial charge in [0.2, 0.25) is 0 Å². The first-order chi connectivity index (χ1) is 13.2. The Morgan fingerprint density at radius 2 is 1.93 bits per heavy atom. The van der Waals surface area contributed by atoms with Crippen molar-refractivity contribution in [1.29, 1.82) is 0 Å². The summed E-state index contributed by atoms with van der Waals surface area (Å²) in [7, 11) is 0. The van der Waals surface area contributed by atoms with E-state index in [1.54, 1.807) is 11.8 Å². The summed E-state index contributed by atoms with van der Waals surface area (Å²) in [6.07, 6.45) is 6.56. The molecule has 0 spiro atoms. The summed E-state index contributed by atoms with van der Waals surface area (Å²) >= 11 is 1.66. The van der Waals surface area contributed by atoms with E-state index in [2.05, 4.69) is 20.1 Å². The van der Waals surface area contributed by atoms with E-state index >= 15 is 0 Å². The maximum Gasteiger partial charge on any atom is 0.255 e. The van der Waals surface area contributed by atoms with Crippen molar-refractivity contribution >= 4 is 23.4 Å². The zero-order chi connectivity index (χ0) is 18.6. The standard InChI is InChI=1S/C21H22N4OS/c1-27-18-11-9-15(10-12-18)21(26)22-17-7-5-6-16(14-17)20-24-23-19-8-3-2-4-13-25(19)20/h5-7,9-12,14H,2-4,8,13H2,1H3,(H,22,26). The molecule has 2 heterocycles. The number of nitrogens with one attached hydrogen (secondary N) is 1. The molecule has 3 aromatic rings. The number of anilines is 1. The Kier molecular flexibility index (Phi) is 5.25. The topological polar surface area (TPSA) is 59.8 Å². The molecule has 0 bridgehead atoms. The first-order valence-electron chi connectivity index (χ1n) is 9.22. The number of hydrogen-bond acceptors (Lipinski definition) is 4. The highest BCUT2D eigenvalue weighted by atomic mass is 32.2. The Morgan fingerprint density at radius 3 is 2.74 bits per heavy atom. The van der Waals surface area contributed by atoms with Crippen LogP contribution in [0.5, 0.6) is 0 Å². The molecule has 0 atom stereocenters. The summed E-state index contributed by atoms with van der Waals surface area (Å²) in [5.74, 6) is 1.83. The normalized spacial score (nSPS) is 13.7. The zero-order valence-electron chi connectivity index (χ0n) is 15.3. The third kappa shape index (κ3) is 3.90. The summed E-state index contributed by atoms with van der Waals surface area (Å²) in [6.45, 7) is 0.954. The third-order valence-electron chi connectivity index (χ3n) is 4.84. The molecule has 0 saturated carbocycles. The lowest BCUT2D eigenvalue weighted by atomic mass is 10.1. The molecule has 0 aliphatic carbocycles. The first-order valence-corrected chi connectivity index (χ1v) is 10.4. The van der Waals surface area contributed by atoms with Gasteiger partial charge < -0.3 is 9.88 Å². The third-order valence-corrected chi connectivity index (χ3v) is 5.58. The summed E-state index contributed by atoms with van der Waals surface area (Å²) in [6, 6.07) is 15.5. The largest absolute Gasteiger partial charge is 0.322 e. The second-order valence-electron chi connectivity index (χ2n) is 6.67. The second kappa shape index (κ2) is 7.96. The van der Waals surface area contributed by atoms with Crippen LogP contribution in [0.4, 0.5) is 5.69 Å². The summed E-state index contributed by atoms with van der Waals surface area (Å²) in [4.78, 5) is 13.7. The average molecular weight is 379 g/mol. The highest BCUT2D eigenvalue weighted by Crippen LogP contribution is 2.25. The van der Waals surface area contributed by atoms with Crippen LogP contribution in [0.1, 0.15) is 35.4 Å². The van der Waals surface area contributed by atoms with Crippen molar-refractivity contribution in [2.24, 2.45) is 0 Å². The van der Waals surface area contributed by atoms with Crippen LogP contribution in [0.25, 0.3) is 11.4 Å². The van der Waals surface area contributed by atoms with Gasteiger partial charge in [-0.2, -0.15) is 0 Å². The molecule has 0 fully saturated rings. The van der Waals surface area contributed by atoms with E-state index in [-0.39, 0.29) is 5.91 Å². The van der Waals surface area contributed by atoms with Gasteiger partial charge in [0.1, 0.15) is 5.82 Å². The summed E-state index contributed by atoms with van der Waals surface area (Å²) in [5.41, 5.74) is 2.39. The first kappa shape index (κ1) is 17.8. The van der Waals surface area contributed by atoms with Crippen molar-refractivity contribution in [2.45, 2.75) is 37.1 Å². The summed E-state index contributed by atoms with van der Waals surface area (Å²) in [5, 5.41) is 11.8. The fourth-order valence-corrected chi connectivity index (χ4v) is 3.79. The van der Waals surface area contributed by atoms with E-state index in [9.17, 15) is 4.79 Å². The molecule has 0 unspecified atom stereocenters. The molecule has 2 aromatic carbocycles. The van der Waals surface area contributed by atoms with E-state index in [1.807, 2.05) is 54.8 Å². The number of thioether (sulfide) groups is 1. The molecule has 1 amide bonds. The van der Waals surface area contributed by atoms with Crippen molar-refractivity contribution in [2.75, 3.05) is 11.6 Å². The molecular weight excluding hydrogens is 356 g/mol. The highest BCUT2D eigenvalue weighted by molar-refractivity contribution is 7.98. The number of aromatic nitrogens is 3. The zero-order valence-corrected chi connectivity index (χ0v) is 16.1. The van der Waals surface area contributed by atoms with E-state index in [1.165, 1.54) is 12.8 Å². The molecule has 0 saturated heterocycles. The number of hydrogen-bond donors (Lipinski definition) is 1. The van der Waals surface area contributed by atoms with E-state index in [4.69, 9.17) is 0 Å². The van der Waals surface area contributed by atoms with Crippen LogP contribution in [-0.4, -0.2) is 26.9 Å². The molecule has 0 radical (unpaired) electrons. The Labute approximate surface area is 163 Å². The van der Waals surface area contributed by atoms with Crippen LogP contribution in [-0.2, 0) is 13.0 Å². The molecule has 1 aliphatic heterocycles. The molecule has 5 nitrogen and oxygen atoms in total. The number of aryl methyl sites for hydroxylation is 1. The van der Waals surface area contributed by atoms with Crippen molar-refractivity contribution in [3.8, 4) is 11.4 Å². The van der Waals surface area contributed by atoms with Crippen LogP contribution < -0.4 is 5.32 Å². The fourth-order valence-electron chi connectivity index (χ4n) is 3.38. The molecule has 1 aliphatic rings. The number of amides is 1. The van der Waals surface area contributed by atoms with Gasteiger partial charge in [0.25, 0.3) is 5.91 Å². The SMILES string of the molecule is CSc1ccc(C(=O)Nc2cccc(-c3nnc4n3CCCCC4)c2)cc1. The van der Waals surface area contributed by atoms with Gasteiger partial charge in [0, 0.05) is 34.7 Å². The molecule has 1 N–H and O–H groups in total.